The van der Waals surface area contributed by atoms with Crippen molar-refractivity contribution in [2.45, 2.75) is 32.9 Å². The molecule has 1 aliphatic rings. The summed E-state index contributed by atoms with van der Waals surface area (Å²) in [4.78, 5) is 17.1. The Balaban J connectivity index is 2.28. The average molecular weight is 290 g/mol. The molecule has 21 heavy (non-hydrogen) atoms. The van der Waals surface area contributed by atoms with E-state index in [-0.39, 0.29) is 18.1 Å². The molecule has 4 heteroatoms. The van der Waals surface area contributed by atoms with E-state index in [9.17, 15) is 4.79 Å². The molecular weight excluding hydrogens is 264 g/mol. The van der Waals surface area contributed by atoms with Crippen LogP contribution < -0.4 is 0 Å². The van der Waals surface area contributed by atoms with Gasteiger partial charge in [-0.25, -0.2) is 0 Å². The van der Waals surface area contributed by atoms with Crippen molar-refractivity contribution in [1.82, 2.24) is 9.80 Å². The van der Waals surface area contributed by atoms with Gasteiger partial charge in [0.15, 0.2) is 0 Å². The zero-order chi connectivity index (χ0) is 15.2. The number of rotatable bonds is 5. The van der Waals surface area contributed by atoms with Crippen molar-refractivity contribution < 1.29 is 9.53 Å². The van der Waals surface area contributed by atoms with E-state index in [1.807, 2.05) is 49.1 Å². The highest BCUT2D eigenvalue weighted by Crippen LogP contribution is 2.25. The molecule has 1 aliphatic heterocycles. The van der Waals surface area contributed by atoms with Crippen LogP contribution in [0.4, 0.5) is 0 Å². The lowest BCUT2D eigenvalue weighted by atomic mass is 10.0. The van der Waals surface area contributed by atoms with Gasteiger partial charge in [-0.3, -0.25) is 9.69 Å². The molecule has 2 rings (SSSR count). The third kappa shape index (κ3) is 3.83. The molecule has 116 valence electrons. The van der Waals surface area contributed by atoms with Crippen LogP contribution in [0.3, 0.4) is 0 Å². The van der Waals surface area contributed by atoms with E-state index in [1.165, 1.54) is 0 Å². The van der Waals surface area contributed by atoms with Crippen molar-refractivity contribution in [3.8, 4) is 0 Å². The smallest absolute Gasteiger partial charge is 0.244 e. The van der Waals surface area contributed by atoms with E-state index >= 15 is 0 Å². The standard InChI is InChI=1S/C17H26N2O2/c1-4-18(5-2)17(20)16(15-9-7-6-8-10-15)19-11-12-21-14(3)13-19/h6-10,14,16H,4-5,11-13H2,1-3H3. The monoisotopic (exact) mass is 290 g/mol. The second-order valence-electron chi connectivity index (χ2n) is 5.50. The zero-order valence-corrected chi connectivity index (χ0v) is 13.3. The normalized spacial score (nSPS) is 21.0. The summed E-state index contributed by atoms with van der Waals surface area (Å²) in [5, 5.41) is 0. The number of hydrogen-bond donors (Lipinski definition) is 0. The maximum absolute atomic E-state index is 13.0. The Labute approximate surface area is 127 Å². The quantitative estimate of drug-likeness (QED) is 0.834. The molecular formula is C17H26N2O2. The predicted octanol–water partition coefficient (Wildman–Crippen LogP) is 2.32. The van der Waals surface area contributed by atoms with Crippen molar-refractivity contribution in [2.75, 3.05) is 32.8 Å². The first-order valence-electron chi connectivity index (χ1n) is 7.86. The van der Waals surface area contributed by atoms with E-state index in [1.54, 1.807) is 0 Å². The van der Waals surface area contributed by atoms with Gasteiger partial charge >= 0.3 is 0 Å². The second-order valence-corrected chi connectivity index (χ2v) is 5.50. The minimum absolute atomic E-state index is 0.175. The zero-order valence-electron chi connectivity index (χ0n) is 13.3. The molecule has 1 aromatic carbocycles. The molecule has 0 N–H and O–H groups in total. The fraction of sp³-hybridized carbons (Fsp3) is 0.588. The molecule has 0 bridgehead atoms. The van der Waals surface area contributed by atoms with Gasteiger partial charge in [0.2, 0.25) is 5.91 Å². The maximum atomic E-state index is 13.0. The van der Waals surface area contributed by atoms with E-state index in [0.717, 1.165) is 31.7 Å². The summed E-state index contributed by atoms with van der Waals surface area (Å²) >= 11 is 0. The van der Waals surface area contributed by atoms with Crippen LogP contribution in [-0.2, 0) is 9.53 Å². The summed E-state index contributed by atoms with van der Waals surface area (Å²) in [6.45, 7) is 9.92. The first kappa shape index (κ1) is 16.0. The predicted molar refractivity (Wildman–Crippen MR) is 84.1 cm³/mol. The highest BCUT2D eigenvalue weighted by atomic mass is 16.5. The molecule has 4 nitrogen and oxygen atoms in total. The molecule has 1 heterocycles. The molecule has 0 aromatic heterocycles. The number of hydrogen-bond acceptors (Lipinski definition) is 3. The maximum Gasteiger partial charge on any atom is 0.244 e. The van der Waals surface area contributed by atoms with Crippen LogP contribution in [0.2, 0.25) is 0 Å². The number of benzene rings is 1. The van der Waals surface area contributed by atoms with Gasteiger partial charge in [-0.15, -0.1) is 0 Å². The number of carbonyl (C=O) groups is 1. The lowest BCUT2D eigenvalue weighted by Gasteiger charge is -2.38. The van der Waals surface area contributed by atoms with Gasteiger partial charge in [-0.1, -0.05) is 30.3 Å². The van der Waals surface area contributed by atoms with E-state index in [2.05, 4.69) is 11.8 Å². The molecule has 0 spiro atoms. The van der Waals surface area contributed by atoms with Crippen LogP contribution >= 0.6 is 0 Å². The summed E-state index contributed by atoms with van der Waals surface area (Å²) in [6.07, 6.45) is 0.175. The van der Waals surface area contributed by atoms with E-state index in [4.69, 9.17) is 4.74 Å². The largest absolute Gasteiger partial charge is 0.376 e. The lowest BCUT2D eigenvalue weighted by Crippen LogP contribution is -2.49. The summed E-state index contributed by atoms with van der Waals surface area (Å²) < 4.78 is 5.62. The number of ether oxygens (including phenoxy) is 1. The molecule has 1 amide bonds. The summed E-state index contributed by atoms with van der Waals surface area (Å²) in [5.74, 6) is 0.195. The topological polar surface area (TPSA) is 32.8 Å². The number of carbonyl (C=O) groups excluding carboxylic acids is 1. The number of morpholine rings is 1. The SMILES string of the molecule is CCN(CC)C(=O)C(c1ccccc1)N1CCOC(C)C1. The van der Waals surface area contributed by atoms with Crippen molar-refractivity contribution in [3.05, 3.63) is 35.9 Å². The molecule has 0 aliphatic carbocycles. The molecule has 2 unspecified atom stereocenters. The average Bonchev–Trinajstić information content (AvgIpc) is 2.50. The van der Waals surface area contributed by atoms with Gasteiger partial charge in [0.25, 0.3) is 0 Å². The lowest BCUT2D eigenvalue weighted by molar-refractivity contribution is -0.140. The fourth-order valence-corrected chi connectivity index (χ4v) is 2.93. The Morgan fingerprint density at radius 3 is 2.57 bits per heavy atom. The molecule has 0 radical (unpaired) electrons. The van der Waals surface area contributed by atoms with Crippen LogP contribution in [0, 0.1) is 0 Å². The second kappa shape index (κ2) is 7.57. The highest BCUT2D eigenvalue weighted by Gasteiger charge is 2.32. The van der Waals surface area contributed by atoms with Crippen molar-refractivity contribution >= 4 is 5.91 Å². The van der Waals surface area contributed by atoms with Crippen molar-refractivity contribution in [3.63, 3.8) is 0 Å². The number of likely N-dealkylation sites (N-methyl/N-ethyl adjacent to an activating group) is 1. The first-order valence-corrected chi connectivity index (χ1v) is 7.86. The Kier molecular flexibility index (Phi) is 5.76. The van der Waals surface area contributed by atoms with Gasteiger partial charge in [0.1, 0.15) is 6.04 Å². The van der Waals surface area contributed by atoms with E-state index < -0.39 is 0 Å². The third-order valence-electron chi connectivity index (χ3n) is 4.06. The summed E-state index contributed by atoms with van der Waals surface area (Å²) in [6, 6.07) is 9.89. The Morgan fingerprint density at radius 1 is 1.33 bits per heavy atom. The third-order valence-corrected chi connectivity index (χ3v) is 4.06. The molecule has 1 saturated heterocycles. The highest BCUT2D eigenvalue weighted by molar-refractivity contribution is 5.83. The fourth-order valence-electron chi connectivity index (χ4n) is 2.93. The number of nitrogens with zero attached hydrogens (tertiary/aromatic N) is 2. The van der Waals surface area contributed by atoms with Crippen LogP contribution in [0.5, 0.6) is 0 Å². The summed E-state index contributed by atoms with van der Waals surface area (Å²) in [5.41, 5.74) is 1.07. The molecule has 2 atom stereocenters. The Bertz CT molecular complexity index is 445. The van der Waals surface area contributed by atoms with E-state index in [0.29, 0.717) is 6.61 Å². The van der Waals surface area contributed by atoms with Gasteiger partial charge < -0.3 is 9.64 Å². The van der Waals surface area contributed by atoms with Gasteiger partial charge in [0.05, 0.1) is 12.7 Å². The Hall–Kier alpha value is -1.39. The van der Waals surface area contributed by atoms with Crippen LogP contribution in [-0.4, -0.2) is 54.6 Å². The van der Waals surface area contributed by atoms with Crippen LogP contribution in [0.1, 0.15) is 32.4 Å². The van der Waals surface area contributed by atoms with Gasteiger partial charge in [-0.2, -0.15) is 0 Å². The molecule has 1 aromatic rings. The van der Waals surface area contributed by atoms with Crippen molar-refractivity contribution in [2.24, 2.45) is 0 Å². The first-order chi connectivity index (χ1) is 10.2. The van der Waals surface area contributed by atoms with Crippen molar-refractivity contribution in [1.29, 1.82) is 0 Å². The minimum atomic E-state index is -0.197. The van der Waals surface area contributed by atoms with Crippen LogP contribution in [0.25, 0.3) is 0 Å². The van der Waals surface area contributed by atoms with Crippen LogP contribution in [0.15, 0.2) is 30.3 Å². The summed E-state index contributed by atoms with van der Waals surface area (Å²) in [7, 11) is 0. The van der Waals surface area contributed by atoms with Gasteiger partial charge in [-0.05, 0) is 26.3 Å². The minimum Gasteiger partial charge on any atom is -0.376 e. The molecule has 0 saturated carbocycles. The Morgan fingerprint density at radius 2 is 2.00 bits per heavy atom. The molecule has 1 fully saturated rings. The van der Waals surface area contributed by atoms with Gasteiger partial charge in [0, 0.05) is 26.2 Å². The number of amides is 1.